The molecule has 0 radical (unpaired) electrons. The monoisotopic (exact) mass is 475 g/mol. The molecule has 174 valence electrons. The number of halogens is 1. The van der Waals surface area contributed by atoms with Crippen molar-refractivity contribution in [1.29, 1.82) is 0 Å². The third-order valence-electron chi connectivity index (χ3n) is 6.07. The van der Waals surface area contributed by atoms with Crippen LogP contribution in [0, 0.1) is 0 Å². The first kappa shape index (κ1) is 23.5. The van der Waals surface area contributed by atoms with E-state index in [1.54, 1.807) is 12.1 Å². The Kier molecular flexibility index (Phi) is 6.98. The molecule has 7 heteroatoms. The number of hydrogen-bond acceptors (Lipinski definition) is 3. The zero-order valence-corrected chi connectivity index (χ0v) is 19.6. The third kappa shape index (κ3) is 4.82. The van der Waals surface area contributed by atoms with Gasteiger partial charge in [-0.05, 0) is 35.2 Å². The molecule has 0 aromatic heterocycles. The summed E-state index contributed by atoms with van der Waals surface area (Å²) in [6, 6.07) is 25.0. The molecule has 4 rings (SSSR count). The molecule has 0 spiro atoms. The lowest BCUT2D eigenvalue weighted by molar-refractivity contribution is -0.135. The fraction of sp³-hybridized carbons (Fsp3) is 0.222. The number of nitrogens with zero attached hydrogens (tertiary/aromatic N) is 1. The van der Waals surface area contributed by atoms with E-state index >= 15 is 0 Å². The molecule has 1 saturated heterocycles. The van der Waals surface area contributed by atoms with Crippen molar-refractivity contribution in [3.63, 3.8) is 0 Å². The summed E-state index contributed by atoms with van der Waals surface area (Å²) in [6.45, 7) is 1.59. The molecule has 1 aliphatic rings. The van der Waals surface area contributed by atoms with Crippen LogP contribution in [0.5, 0.6) is 0 Å². The van der Waals surface area contributed by atoms with Crippen LogP contribution in [0.15, 0.2) is 84.9 Å². The van der Waals surface area contributed by atoms with Gasteiger partial charge < -0.3 is 10.6 Å². The topological polar surface area (TPSA) is 78.5 Å². The van der Waals surface area contributed by atoms with Crippen LogP contribution in [-0.4, -0.2) is 29.3 Å². The Morgan fingerprint density at radius 1 is 0.971 bits per heavy atom. The molecule has 1 heterocycles. The summed E-state index contributed by atoms with van der Waals surface area (Å²) in [5.41, 5.74) is 1.20. The highest BCUT2D eigenvalue weighted by Gasteiger charge is 2.52. The van der Waals surface area contributed by atoms with Crippen LogP contribution in [0.1, 0.15) is 36.1 Å². The Morgan fingerprint density at radius 3 is 2.21 bits per heavy atom. The second-order valence-electron chi connectivity index (χ2n) is 8.34. The number of rotatable bonds is 8. The number of carbonyl (C=O) groups is 3. The van der Waals surface area contributed by atoms with Crippen LogP contribution in [0.2, 0.25) is 5.02 Å². The predicted octanol–water partition coefficient (Wildman–Crippen LogP) is 4.60. The van der Waals surface area contributed by atoms with Gasteiger partial charge in [0.25, 0.3) is 5.91 Å². The summed E-state index contributed by atoms with van der Waals surface area (Å²) >= 11 is 5.97. The molecule has 2 atom stereocenters. The Morgan fingerprint density at radius 2 is 1.59 bits per heavy atom. The number of imide groups is 1. The number of carbonyl (C=O) groups excluding carboxylic acids is 3. The molecular weight excluding hydrogens is 450 g/mol. The third-order valence-corrected chi connectivity index (χ3v) is 6.32. The molecule has 0 bridgehead atoms. The maximum Gasteiger partial charge on any atom is 0.325 e. The Hall–Kier alpha value is -3.64. The molecule has 3 aromatic carbocycles. The first-order valence-electron chi connectivity index (χ1n) is 11.2. The van der Waals surface area contributed by atoms with E-state index in [4.69, 9.17) is 11.6 Å². The highest BCUT2D eigenvalue weighted by atomic mass is 35.5. The molecule has 34 heavy (non-hydrogen) atoms. The van der Waals surface area contributed by atoms with Crippen molar-refractivity contribution in [2.75, 3.05) is 6.54 Å². The maximum atomic E-state index is 13.7. The molecule has 0 aliphatic carbocycles. The molecule has 6 nitrogen and oxygen atoms in total. The summed E-state index contributed by atoms with van der Waals surface area (Å²) in [7, 11) is 0. The standard InChI is InChI=1S/C27H26ClN3O3/c1-2-23(20-13-15-22(28)16-14-20)29-24(32)18-31-25(33)27(30-26(31)34,21-11-7-4-8-12-21)17-19-9-5-3-6-10-19/h3-16,23H,2,17-18H2,1H3,(H,29,32)(H,30,34). The summed E-state index contributed by atoms with van der Waals surface area (Å²) < 4.78 is 0. The Balaban J connectivity index is 1.56. The van der Waals surface area contributed by atoms with Crippen molar-refractivity contribution < 1.29 is 14.4 Å². The second kappa shape index (κ2) is 10.1. The highest BCUT2D eigenvalue weighted by Crippen LogP contribution is 2.33. The molecule has 0 saturated carbocycles. The smallest absolute Gasteiger partial charge is 0.325 e. The van der Waals surface area contributed by atoms with Crippen molar-refractivity contribution in [3.05, 3.63) is 107 Å². The lowest BCUT2D eigenvalue weighted by Crippen LogP contribution is -2.47. The number of benzene rings is 3. The fourth-order valence-corrected chi connectivity index (χ4v) is 4.44. The van der Waals surface area contributed by atoms with Crippen LogP contribution in [0.4, 0.5) is 4.79 Å². The van der Waals surface area contributed by atoms with Gasteiger partial charge in [-0.2, -0.15) is 0 Å². The van der Waals surface area contributed by atoms with Crippen molar-refractivity contribution in [2.45, 2.75) is 31.3 Å². The van der Waals surface area contributed by atoms with Gasteiger partial charge in [-0.25, -0.2) is 4.79 Å². The van der Waals surface area contributed by atoms with Gasteiger partial charge in [-0.15, -0.1) is 0 Å². The zero-order valence-electron chi connectivity index (χ0n) is 18.8. The fourth-order valence-electron chi connectivity index (χ4n) is 4.31. The van der Waals surface area contributed by atoms with Gasteiger partial charge in [0.1, 0.15) is 6.54 Å². The van der Waals surface area contributed by atoms with E-state index in [2.05, 4.69) is 10.6 Å². The van der Waals surface area contributed by atoms with E-state index in [1.165, 1.54) is 0 Å². The lowest BCUT2D eigenvalue weighted by atomic mass is 9.83. The van der Waals surface area contributed by atoms with Gasteiger partial charge in [0.15, 0.2) is 5.54 Å². The van der Waals surface area contributed by atoms with Gasteiger partial charge in [-0.1, -0.05) is 91.3 Å². The van der Waals surface area contributed by atoms with Gasteiger partial charge >= 0.3 is 6.03 Å². The van der Waals surface area contributed by atoms with E-state index < -0.39 is 23.4 Å². The predicted molar refractivity (Wildman–Crippen MR) is 131 cm³/mol. The summed E-state index contributed by atoms with van der Waals surface area (Å²) in [6.07, 6.45) is 0.929. The van der Waals surface area contributed by atoms with Crippen molar-refractivity contribution in [2.24, 2.45) is 0 Å². The van der Waals surface area contributed by atoms with Gasteiger partial charge in [0.2, 0.25) is 5.91 Å². The van der Waals surface area contributed by atoms with E-state index in [0.717, 1.165) is 16.0 Å². The second-order valence-corrected chi connectivity index (χ2v) is 8.77. The largest absolute Gasteiger partial charge is 0.348 e. The van der Waals surface area contributed by atoms with Crippen LogP contribution in [0.3, 0.4) is 0 Å². The SMILES string of the molecule is CCC(NC(=O)CN1C(=O)NC(Cc2ccccc2)(c2ccccc2)C1=O)c1ccc(Cl)cc1. The van der Waals surface area contributed by atoms with Crippen LogP contribution in [0.25, 0.3) is 0 Å². The lowest BCUT2D eigenvalue weighted by Gasteiger charge is -2.27. The van der Waals surface area contributed by atoms with E-state index in [-0.39, 0.29) is 19.0 Å². The minimum atomic E-state index is -1.28. The van der Waals surface area contributed by atoms with Gasteiger partial charge in [0, 0.05) is 11.4 Å². The quantitative estimate of drug-likeness (QED) is 0.467. The molecule has 2 unspecified atom stereocenters. The first-order chi connectivity index (χ1) is 16.4. The zero-order chi connectivity index (χ0) is 24.1. The molecule has 1 fully saturated rings. The molecule has 3 aromatic rings. The highest BCUT2D eigenvalue weighted by molar-refractivity contribution is 6.30. The Labute approximate surface area is 203 Å². The molecule has 4 amide bonds. The average Bonchev–Trinajstić information content (AvgIpc) is 3.09. The van der Waals surface area contributed by atoms with E-state index in [0.29, 0.717) is 17.0 Å². The molecule has 2 N–H and O–H groups in total. The van der Waals surface area contributed by atoms with Crippen LogP contribution >= 0.6 is 11.6 Å². The van der Waals surface area contributed by atoms with E-state index in [9.17, 15) is 14.4 Å². The minimum absolute atomic E-state index is 0.256. The van der Waals surface area contributed by atoms with Gasteiger partial charge in [-0.3, -0.25) is 14.5 Å². The van der Waals surface area contributed by atoms with Crippen molar-refractivity contribution in [1.82, 2.24) is 15.5 Å². The van der Waals surface area contributed by atoms with Crippen LogP contribution < -0.4 is 10.6 Å². The number of urea groups is 1. The maximum absolute atomic E-state index is 13.7. The Bertz CT molecular complexity index is 1170. The first-order valence-corrected chi connectivity index (χ1v) is 11.6. The van der Waals surface area contributed by atoms with E-state index in [1.807, 2.05) is 79.7 Å². The summed E-state index contributed by atoms with van der Waals surface area (Å²) in [5, 5.41) is 6.43. The average molecular weight is 476 g/mol. The van der Waals surface area contributed by atoms with Gasteiger partial charge in [0.05, 0.1) is 6.04 Å². The summed E-state index contributed by atoms with van der Waals surface area (Å²) in [5.74, 6) is -0.851. The number of nitrogens with one attached hydrogen (secondary N) is 2. The molecular formula is C27H26ClN3O3. The minimum Gasteiger partial charge on any atom is -0.348 e. The number of amides is 4. The van der Waals surface area contributed by atoms with Crippen molar-refractivity contribution in [3.8, 4) is 0 Å². The van der Waals surface area contributed by atoms with Crippen LogP contribution in [-0.2, 0) is 21.5 Å². The van der Waals surface area contributed by atoms with Crippen molar-refractivity contribution >= 4 is 29.4 Å². The molecule has 1 aliphatic heterocycles. The normalized spacial score (nSPS) is 18.5. The summed E-state index contributed by atoms with van der Waals surface area (Å²) in [4.78, 5) is 40.5. The number of hydrogen-bond donors (Lipinski definition) is 2.